The van der Waals surface area contributed by atoms with Crippen molar-refractivity contribution in [2.24, 2.45) is 5.73 Å². The van der Waals surface area contributed by atoms with Crippen molar-refractivity contribution in [1.29, 1.82) is 0 Å². The number of piperidine rings is 1. The number of nitrogens with one attached hydrogen (secondary N) is 1. The van der Waals surface area contributed by atoms with Crippen LogP contribution >= 0.6 is 0 Å². The minimum absolute atomic E-state index is 0.744. The highest BCUT2D eigenvalue weighted by atomic mass is 15.2. The number of hydrogen-bond acceptors (Lipinski definition) is 3. The van der Waals surface area contributed by atoms with Gasteiger partial charge >= 0.3 is 0 Å². The normalized spacial score (nSPS) is 20.5. The van der Waals surface area contributed by atoms with E-state index >= 15 is 0 Å². The third-order valence-corrected chi connectivity index (χ3v) is 2.11. The molecule has 0 radical (unpaired) electrons. The lowest BCUT2D eigenvalue weighted by Crippen LogP contribution is -2.39. The van der Waals surface area contributed by atoms with Gasteiger partial charge < -0.3 is 11.1 Å². The summed E-state index contributed by atoms with van der Waals surface area (Å²) in [7, 11) is 0. The third kappa shape index (κ3) is 3.70. The average Bonchev–Trinajstić information content (AvgIpc) is 2.07. The van der Waals surface area contributed by atoms with E-state index in [4.69, 9.17) is 5.73 Å². The van der Waals surface area contributed by atoms with Gasteiger partial charge in [0.15, 0.2) is 0 Å². The van der Waals surface area contributed by atoms with Crippen molar-refractivity contribution in [3.05, 3.63) is 0 Å². The largest absolute Gasteiger partial charge is 0.329 e. The fourth-order valence-electron chi connectivity index (χ4n) is 1.46. The summed E-state index contributed by atoms with van der Waals surface area (Å²) < 4.78 is 0. The number of hydrogen-bond donors (Lipinski definition) is 2. The minimum atomic E-state index is 0.744. The topological polar surface area (TPSA) is 41.3 Å². The van der Waals surface area contributed by atoms with Gasteiger partial charge in [0, 0.05) is 19.8 Å². The van der Waals surface area contributed by atoms with Crippen LogP contribution in [-0.2, 0) is 0 Å². The van der Waals surface area contributed by atoms with Gasteiger partial charge in [0.2, 0.25) is 0 Å². The highest BCUT2D eigenvalue weighted by molar-refractivity contribution is 4.63. The summed E-state index contributed by atoms with van der Waals surface area (Å²) in [6.45, 7) is 5.23. The Morgan fingerprint density at radius 3 is 2.55 bits per heavy atom. The zero-order valence-corrected chi connectivity index (χ0v) is 7.18. The molecular weight excluding hydrogens is 138 g/mol. The molecule has 0 bridgehead atoms. The van der Waals surface area contributed by atoms with E-state index < -0.39 is 0 Å². The molecule has 3 nitrogen and oxygen atoms in total. The SMILES string of the molecule is NCCNCN1CCCCC1. The standard InChI is InChI=1S/C8H19N3/c9-4-5-10-8-11-6-2-1-3-7-11/h10H,1-9H2. The Bertz CT molecular complexity index is 89.3. The smallest absolute Gasteiger partial charge is 0.0480 e. The second-order valence-electron chi connectivity index (χ2n) is 3.13. The van der Waals surface area contributed by atoms with Crippen molar-refractivity contribution in [2.45, 2.75) is 19.3 Å². The molecule has 0 aromatic heterocycles. The van der Waals surface area contributed by atoms with E-state index in [1.165, 1.54) is 32.4 Å². The average molecular weight is 157 g/mol. The molecule has 0 aromatic rings. The molecule has 66 valence electrons. The van der Waals surface area contributed by atoms with Crippen LogP contribution in [0.25, 0.3) is 0 Å². The Balaban J connectivity index is 1.96. The van der Waals surface area contributed by atoms with Gasteiger partial charge in [-0.3, -0.25) is 4.90 Å². The molecule has 1 heterocycles. The summed E-state index contributed by atoms with van der Waals surface area (Å²) >= 11 is 0. The van der Waals surface area contributed by atoms with Gasteiger partial charge in [-0.2, -0.15) is 0 Å². The van der Waals surface area contributed by atoms with Crippen LogP contribution in [0.2, 0.25) is 0 Å². The Morgan fingerprint density at radius 1 is 1.18 bits per heavy atom. The van der Waals surface area contributed by atoms with Crippen LogP contribution in [0.4, 0.5) is 0 Å². The molecule has 1 rings (SSSR count). The van der Waals surface area contributed by atoms with Gasteiger partial charge in [-0.25, -0.2) is 0 Å². The highest BCUT2D eigenvalue weighted by Crippen LogP contribution is 2.06. The third-order valence-electron chi connectivity index (χ3n) is 2.11. The first kappa shape index (κ1) is 8.97. The van der Waals surface area contributed by atoms with Crippen LogP contribution in [0.5, 0.6) is 0 Å². The molecule has 3 heteroatoms. The van der Waals surface area contributed by atoms with Gasteiger partial charge in [-0.15, -0.1) is 0 Å². The molecule has 1 aliphatic rings. The fraction of sp³-hybridized carbons (Fsp3) is 1.00. The first-order valence-electron chi connectivity index (χ1n) is 4.56. The molecule has 3 N–H and O–H groups in total. The second-order valence-corrected chi connectivity index (χ2v) is 3.13. The van der Waals surface area contributed by atoms with Crippen LogP contribution in [0, 0.1) is 0 Å². The van der Waals surface area contributed by atoms with Crippen molar-refractivity contribution in [3.63, 3.8) is 0 Å². The lowest BCUT2D eigenvalue weighted by atomic mass is 10.1. The van der Waals surface area contributed by atoms with Crippen LogP contribution < -0.4 is 11.1 Å². The zero-order valence-electron chi connectivity index (χ0n) is 7.18. The summed E-state index contributed by atoms with van der Waals surface area (Å²) in [6.07, 6.45) is 4.14. The van der Waals surface area contributed by atoms with E-state index in [-0.39, 0.29) is 0 Å². The number of rotatable bonds is 4. The van der Waals surface area contributed by atoms with Gasteiger partial charge in [0.25, 0.3) is 0 Å². The zero-order chi connectivity index (χ0) is 7.94. The Morgan fingerprint density at radius 2 is 1.91 bits per heavy atom. The molecule has 1 aliphatic heterocycles. The highest BCUT2D eigenvalue weighted by Gasteiger charge is 2.07. The van der Waals surface area contributed by atoms with Crippen LogP contribution in [0.1, 0.15) is 19.3 Å². The predicted octanol–water partition coefficient (Wildman–Crippen LogP) is -0.0219. The number of nitrogens with zero attached hydrogens (tertiary/aromatic N) is 1. The van der Waals surface area contributed by atoms with Crippen molar-refractivity contribution in [1.82, 2.24) is 10.2 Å². The van der Waals surface area contributed by atoms with E-state index in [9.17, 15) is 0 Å². The fourth-order valence-corrected chi connectivity index (χ4v) is 1.46. The molecule has 0 aromatic carbocycles. The van der Waals surface area contributed by atoms with E-state index in [0.717, 1.165) is 19.8 Å². The summed E-state index contributed by atoms with van der Waals surface area (Å²) in [5, 5.41) is 3.31. The molecule has 0 saturated carbocycles. The second kappa shape index (κ2) is 5.52. The Kier molecular flexibility index (Phi) is 4.50. The first-order chi connectivity index (χ1) is 5.43. The number of nitrogens with two attached hydrogens (primary N) is 1. The molecule has 0 spiro atoms. The number of likely N-dealkylation sites (tertiary alicyclic amines) is 1. The maximum atomic E-state index is 5.36. The minimum Gasteiger partial charge on any atom is -0.329 e. The Labute approximate surface area is 68.9 Å². The summed E-state index contributed by atoms with van der Waals surface area (Å²) in [5.41, 5.74) is 5.36. The maximum absolute atomic E-state index is 5.36. The van der Waals surface area contributed by atoms with Gasteiger partial charge in [0.1, 0.15) is 0 Å². The molecule has 1 fully saturated rings. The Hall–Kier alpha value is -0.120. The lowest BCUT2D eigenvalue weighted by molar-refractivity contribution is 0.213. The van der Waals surface area contributed by atoms with Gasteiger partial charge in [-0.05, 0) is 25.9 Å². The van der Waals surface area contributed by atoms with Gasteiger partial charge in [-0.1, -0.05) is 6.42 Å². The van der Waals surface area contributed by atoms with E-state index in [0.29, 0.717) is 0 Å². The molecule has 0 aliphatic carbocycles. The van der Waals surface area contributed by atoms with Crippen molar-refractivity contribution in [3.8, 4) is 0 Å². The van der Waals surface area contributed by atoms with Crippen LogP contribution in [0.15, 0.2) is 0 Å². The van der Waals surface area contributed by atoms with E-state index in [2.05, 4.69) is 10.2 Å². The monoisotopic (exact) mass is 157 g/mol. The lowest BCUT2D eigenvalue weighted by Gasteiger charge is -2.26. The molecule has 11 heavy (non-hydrogen) atoms. The van der Waals surface area contributed by atoms with Crippen molar-refractivity contribution >= 4 is 0 Å². The van der Waals surface area contributed by atoms with Crippen LogP contribution in [-0.4, -0.2) is 37.7 Å². The summed E-state index contributed by atoms with van der Waals surface area (Å²) in [5.74, 6) is 0. The molecule has 0 unspecified atom stereocenters. The van der Waals surface area contributed by atoms with Crippen molar-refractivity contribution < 1.29 is 0 Å². The van der Waals surface area contributed by atoms with Crippen molar-refractivity contribution in [2.75, 3.05) is 32.8 Å². The molecule has 0 amide bonds. The summed E-state index contributed by atoms with van der Waals surface area (Å²) in [4.78, 5) is 2.46. The summed E-state index contributed by atoms with van der Waals surface area (Å²) in [6, 6.07) is 0. The predicted molar refractivity (Wildman–Crippen MR) is 47.3 cm³/mol. The van der Waals surface area contributed by atoms with Crippen LogP contribution in [0.3, 0.4) is 0 Å². The van der Waals surface area contributed by atoms with E-state index in [1.54, 1.807) is 0 Å². The van der Waals surface area contributed by atoms with Gasteiger partial charge in [0.05, 0.1) is 0 Å². The molecule has 0 atom stereocenters. The maximum Gasteiger partial charge on any atom is 0.0480 e. The quantitative estimate of drug-likeness (QED) is 0.563. The van der Waals surface area contributed by atoms with E-state index in [1.807, 2.05) is 0 Å². The first-order valence-corrected chi connectivity index (χ1v) is 4.56. The molecule has 1 saturated heterocycles. The molecular formula is C8H19N3.